The third-order valence-electron chi connectivity index (χ3n) is 4.30. The normalized spacial score (nSPS) is 20.8. The van der Waals surface area contributed by atoms with E-state index in [1.165, 1.54) is 12.4 Å². The molecule has 2 atom stereocenters. The molecule has 0 N–H and O–H groups in total. The third kappa shape index (κ3) is 3.07. The van der Waals surface area contributed by atoms with Gasteiger partial charge in [-0.1, -0.05) is 5.92 Å². The number of nitriles is 1. The minimum atomic E-state index is -0.942. The van der Waals surface area contributed by atoms with Crippen molar-refractivity contribution < 1.29 is 4.39 Å². The van der Waals surface area contributed by atoms with E-state index in [0.29, 0.717) is 30.9 Å². The molecule has 2 aliphatic rings. The molecule has 2 aromatic heterocycles. The van der Waals surface area contributed by atoms with E-state index in [0.717, 1.165) is 11.4 Å². The van der Waals surface area contributed by atoms with Crippen LogP contribution in [0.15, 0.2) is 35.7 Å². The molecule has 4 rings (SSSR count). The summed E-state index contributed by atoms with van der Waals surface area (Å²) in [7, 11) is 0. The summed E-state index contributed by atoms with van der Waals surface area (Å²) in [6.45, 7) is 0.566. The van der Waals surface area contributed by atoms with E-state index < -0.39 is 6.17 Å². The fraction of sp³-hybridized carbons (Fsp3) is 0.263. The van der Waals surface area contributed by atoms with E-state index in [9.17, 15) is 9.65 Å². The molecule has 2 aliphatic heterocycles. The molecular weight excluding hydrogens is 331 g/mol. The number of aliphatic imine (C=N–C) groups is 1. The minimum Gasteiger partial charge on any atom is -0.323 e. The van der Waals surface area contributed by atoms with Crippen LogP contribution in [0.4, 0.5) is 10.2 Å². The van der Waals surface area contributed by atoms with E-state index in [4.69, 9.17) is 0 Å². The standard InChI is InChI=1S/C19H15FN6/c20-14-1-2-15(24-12-14)3-4-16-5-6-17-13-25(9-10-26(16)17)19-18(11-21)22-7-8-23-19/h5-10,12,14-15H,1-2,13H2. The summed E-state index contributed by atoms with van der Waals surface area (Å²) in [5, 5.41) is 9.20. The monoisotopic (exact) mass is 346 g/mol. The molecule has 0 amide bonds. The zero-order valence-electron chi connectivity index (χ0n) is 13.9. The van der Waals surface area contributed by atoms with Crippen molar-refractivity contribution in [3.8, 4) is 17.9 Å². The molecule has 7 heteroatoms. The van der Waals surface area contributed by atoms with E-state index >= 15 is 0 Å². The van der Waals surface area contributed by atoms with Crippen LogP contribution in [0.5, 0.6) is 0 Å². The van der Waals surface area contributed by atoms with Gasteiger partial charge in [-0.2, -0.15) is 5.26 Å². The van der Waals surface area contributed by atoms with Crippen LogP contribution in [-0.4, -0.2) is 33.0 Å². The SMILES string of the molecule is N#Cc1nccnc1N1C=Cn2c(C#CC3CCC(F)C=N3)ccc2C1. The van der Waals surface area contributed by atoms with Gasteiger partial charge in [-0.25, -0.2) is 14.4 Å². The molecule has 4 heterocycles. The van der Waals surface area contributed by atoms with E-state index in [-0.39, 0.29) is 6.04 Å². The molecule has 0 fully saturated rings. The van der Waals surface area contributed by atoms with Crippen molar-refractivity contribution in [1.82, 2.24) is 14.5 Å². The number of hydrogen-bond acceptors (Lipinski definition) is 5. The van der Waals surface area contributed by atoms with Crippen LogP contribution in [-0.2, 0) is 6.54 Å². The Bertz CT molecular complexity index is 987. The highest BCUT2D eigenvalue weighted by atomic mass is 19.1. The molecule has 2 unspecified atom stereocenters. The number of nitrogens with zero attached hydrogens (tertiary/aromatic N) is 6. The number of anilines is 1. The first-order valence-corrected chi connectivity index (χ1v) is 8.29. The maximum Gasteiger partial charge on any atom is 0.183 e. The maximum atomic E-state index is 13.1. The highest BCUT2D eigenvalue weighted by Crippen LogP contribution is 2.23. The first-order valence-electron chi connectivity index (χ1n) is 8.29. The molecule has 128 valence electrons. The van der Waals surface area contributed by atoms with Gasteiger partial charge in [0.2, 0.25) is 0 Å². The maximum absolute atomic E-state index is 13.1. The number of aromatic nitrogens is 3. The summed E-state index contributed by atoms with van der Waals surface area (Å²) in [6, 6.07) is 5.86. The van der Waals surface area contributed by atoms with Gasteiger partial charge in [0.25, 0.3) is 0 Å². The zero-order valence-corrected chi connectivity index (χ0v) is 13.9. The predicted octanol–water partition coefficient (Wildman–Crippen LogP) is 2.52. The van der Waals surface area contributed by atoms with Crippen molar-refractivity contribution in [1.29, 1.82) is 5.26 Å². The summed E-state index contributed by atoms with van der Waals surface area (Å²) in [6.07, 6.45) is 8.35. The van der Waals surface area contributed by atoms with E-state index in [1.54, 1.807) is 6.20 Å². The Hall–Kier alpha value is -3.45. The summed E-state index contributed by atoms with van der Waals surface area (Å²) < 4.78 is 15.1. The van der Waals surface area contributed by atoms with Crippen molar-refractivity contribution in [2.75, 3.05) is 4.90 Å². The lowest BCUT2D eigenvalue weighted by Crippen LogP contribution is -2.23. The Balaban J connectivity index is 1.56. The van der Waals surface area contributed by atoms with Gasteiger partial charge in [-0.3, -0.25) is 4.99 Å². The van der Waals surface area contributed by atoms with Gasteiger partial charge in [0.05, 0.1) is 12.2 Å². The second-order valence-corrected chi connectivity index (χ2v) is 6.02. The van der Waals surface area contributed by atoms with Crippen molar-refractivity contribution in [3.05, 3.63) is 47.8 Å². The molecule has 0 saturated carbocycles. The highest BCUT2D eigenvalue weighted by molar-refractivity contribution is 5.64. The molecule has 0 saturated heterocycles. The molecule has 6 nitrogen and oxygen atoms in total. The Morgan fingerprint density at radius 2 is 2.04 bits per heavy atom. The fourth-order valence-corrected chi connectivity index (χ4v) is 2.97. The molecule has 26 heavy (non-hydrogen) atoms. The van der Waals surface area contributed by atoms with Crippen LogP contribution in [0.2, 0.25) is 0 Å². The Labute approximate surface area is 150 Å². The van der Waals surface area contributed by atoms with E-state index in [1.807, 2.05) is 34.0 Å². The first kappa shape index (κ1) is 16.0. The van der Waals surface area contributed by atoms with Gasteiger partial charge in [0.1, 0.15) is 18.3 Å². The Morgan fingerprint density at radius 1 is 1.15 bits per heavy atom. The number of alkyl halides is 1. The summed E-state index contributed by atoms with van der Waals surface area (Å²) in [5.74, 6) is 6.78. The van der Waals surface area contributed by atoms with Gasteiger partial charge in [-0.05, 0) is 30.9 Å². The van der Waals surface area contributed by atoms with Gasteiger partial charge in [0.15, 0.2) is 11.5 Å². The van der Waals surface area contributed by atoms with Gasteiger partial charge in [-0.15, -0.1) is 0 Å². The third-order valence-corrected chi connectivity index (χ3v) is 4.30. The van der Waals surface area contributed by atoms with Crippen molar-refractivity contribution in [3.63, 3.8) is 0 Å². The molecule has 0 radical (unpaired) electrons. The lowest BCUT2D eigenvalue weighted by molar-refractivity contribution is 0.381. The first-order chi connectivity index (χ1) is 12.7. The lowest BCUT2D eigenvalue weighted by Gasteiger charge is -2.24. The van der Waals surface area contributed by atoms with Gasteiger partial charge < -0.3 is 9.47 Å². The van der Waals surface area contributed by atoms with Crippen molar-refractivity contribution in [2.45, 2.75) is 31.6 Å². The van der Waals surface area contributed by atoms with Crippen molar-refractivity contribution >= 4 is 18.2 Å². The van der Waals surface area contributed by atoms with E-state index in [2.05, 4.69) is 32.9 Å². The molecule has 0 aromatic carbocycles. The number of fused-ring (bicyclic) bond motifs is 1. The number of halogens is 1. The topological polar surface area (TPSA) is 70.1 Å². The van der Waals surface area contributed by atoms with Crippen LogP contribution in [0, 0.1) is 23.2 Å². The summed E-state index contributed by atoms with van der Waals surface area (Å²) >= 11 is 0. The average Bonchev–Trinajstić information content (AvgIpc) is 3.10. The Kier molecular flexibility index (Phi) is 4.20. The van der Waals surface area contributed by atoms with Crippen molar-refractivity contribution in [2.24, 2.45) is 4.99 Å². The quantitative estimate of drug-likeness (QED) is 0.744. The predicted molar refractivity (Wildman–Crippen MR) is 96.0 cm³/mol. The van der Waals surface area contributed by atoms with Crippen LogP contribution < -0.4 is 4.90 Å². The van der Waals surface area contributed by atoms with Gasteiger partial charge in [0, 0.05) is 36.7 Å². The second kappa shape index (κ2) is 6.81. The largest absolute Gasteiger partial charge is 0.323 e. The smallest absolute Gasteiger partial charge is 0.183 e. The average molecular weight is 346 g/mol. The zero-order chi connectivity index (χ0) is 17.9. The fourth-order valence-electron chi connectivity index (χ4n) is 2.97. The molecule has 0 aliphatic carbocycles. The van der Waals surface area contributed by atoms with Crippen LogP contribution in [0.25, 0.3) is 6.20 Å². The molecule has 0 bridgehead atoms. The summed E-state index contributed by atoms with van der Waals surface area (Å²) in [4.78, 5) is 14.3. The second-order valence-electron chi connectivity index (χ2n) is 6.02. The number of hydrogen-bond donors (Lipinski definition) is 0. The van der Waals surface area contributed by atoms with Gasteiger partial charge >= 0.3 is 0 Å². The molecular formula is C19H15FN6. The number of rotatable bonds is 1. The van der Waals surface area contributed by atoms with Crippen LogP contribution in [0.1, 0.15) is 29.9 Å². The Morgan fingerprint density at radius 3 is 2.85 bits per heavy atom. The molecule has 2 aromatic rings. The van der Waals surface area contributed by atoms with Crippen LogP contribution >= 0.6 is 0 Å². The molecule has 0 spiro atoms. The lowest BCUT2D eigenvalue weighted by atomic mass is 10.1. The summed E-state index contributed by atoms with van der Waals surface area (Å²) in [5.41, 5.74) is 2.17. The highest BCUT2D eigenvalue weighted by Gasteiger charge is 2.18. The van der Waals surface area contributed by atoms with Crippen LogP contribution in [0.3, 0.4) is 0 Å². The minimum absolute atomic E-state index is 0.144.